The van der Waals surface area contributed by atoms with E-state index < -0.39 is 58.4 Å². The van der Waals surface area contributed by atoms with Crippen molar-refractivity contribution in [1.29, 1.82) is 0 Å². The number of epoxide rings is 3. The molecule has 6 fully saturated rings. The van der Waals surface area contributed by atoms with Gasteiger partial charge in [-0.2, -0.15) is 0 Å². The molecule has 39 heavy (non-hydrogen) atoms. The first kappa shape index (κ1) is 26.1. The van der Waals surface area contributed by atoms with Crippen molar-refractivity contribution in [2.24, 2.45) is 10.8 Å². The number of allylic oxidation sites excluding steroid dienone is 2. The fourth-order valence-corrected chi connectivity index (χ4v) is 8.08. The lowest BCUT2D eigenvalue weighted by Crippen LogP contribution is -2.69. The second-order valence-corrected chi connectivity index (χ2v) is 13.1. The van der Waals surface area contributed by atoms with Crippen molar-refractivity contribution in [2.75, 3.05) is 19.8 Å². The molecule has 214 valence electrons. The zero-order valence-electron chi connectivity index (χ0n) is 22.9. The first-order valence-corrected chi connectivity index (χ1v) is 14.1. The molecule has 7 rings (SSSR count). The highest BCUT2D eigenvalue weighted by Crippen LogP contribution is 2.75. The molecule has 10 heteroatoms. The van der Waals surface area contributed by atoms with Crippen molar-refractivity contribution in [3.8, 4) is 0 Å². The Balaban J connectivity index is 1.24. The number of hydrogen-bond donors (Lipinski definition) is 1. The lowest BCUT2D eigenvalue weighted by atomic mass is 9.50. The fourth-order valence-electron chi connectivity index (χ4n) is 8.08. The van der Waals surface area contributed by atoms with Gasteiger partial charge in [0.1, 0.15) is 36.1 Å². The third kappa shape index (κ3) is 3.61. The van der Waals surface area contributed by atoms with Gasteiger partial charge >= 0.3 is 11.9 Å². The van der Waals surface area contributed by atoms with E-state index in [4.69, 9.17) is 33.2 Å². The van der Waals surface area contributed by atoms with Gasteiger partial charge in [0.2, 0.25) is 0 Å². The molecular formula is C29H38O10. The zero-order chi connectivity index (χ0) is 27.4. The van der Waals surface area contributed by atoms with Crippen LogP contribution in [-0.2, 0) is 42.7 Å². The fraction of sp³-hybridized carbons (Fsp3) is 0.793. The van der Waals surface area contributed by atoms with E-state index in [-0.39, 0.29) is 37.1 Å². The Kier molecular flexibility index (Phi) is 5.60. The van der Waals surface area contributed by atoms with E-state index in [0.29, 0.717) is 25.9 Å². The summed E-state index contributed by atoms with van der Waals surface area (Å²) in [6.07, 6.45) is 5.61. The van der Waals surface area contributed by atoms with E-state index in [1.54, 1.807) is 25.2 Å². The molecule has 5 aliphatic heterocycles. The maximum Gasteiger partial charge on any atom is 0.338 e. The molecule has 0 aromatic rings. The van der Waals surface area contributed by atoms with Crippen LogP contribution in [0.25, 0.3) is 0 Å². The third-order valence-corrected chi connectivity index (χ3v) is 11.0. The van der Waals surface area contributed by atoms with Crippen LogP contribution in [-0.4, -0.2) is 96.4 Å². The number of carbonyl (C=O) groups excluding carboxylic acids is 2. The summed E-state index contributed by atoms with van der Waals surface area (Å²) in [4.78, 5) is 26.3. The topological polar surface area (TPSA) is 129 Å². The molecule has 2 spiro atoms. The van der Waals surface area contributed by atoms with Crippen molar-refractivity contribution < 1.29 is 47.9 Å². The second-order valence-electron chi connectivity index (χ2n) is 13.1. The molecule has 0 radical (unpaired) electrons. The van der Waals surface area contributed by atoms with Crippen LogP contribution >= 0.6 is 0 Å². The van der Waals surface area contributed by atoms with E-state index >= 15 is 0 Å². The van der Waals surface area contributed by atoms with Crippen LogP contribution in [0.3, 0.4) is 0 Å². The monoisotopic (exact) mass is 546 g/mol. The summed E-state index contributed by atoms with van der Waals surface area (Å²) in [5.74, 6) is -0.895. The van der Waals surface area contributed by atoms with Crippen molar-refractivity contribution in [3.05, 3.63) is 24.3 Å². The van der Waals surface area contributed by atoms with Gasteiger partial charge < -0.3 is 38.3 Å². The average Bonchev–Trinajstić information content (AvgIpc) is 3.80. The highest BCUT2D eigenvalue weighted by molar-refractivity contribution is 5.82. The molecule has 10 nitrogen and oxygen atoms in total. The summed E-state index contributed by atoms with van der Waals surface area (Å²) in [6, 6.07) is 0. The van der Waals surface area contributed by atoms with Gasteiger partial charge in [-0.1, -0.05) is 25.2 Å². The molecule has 2 aliphatic carbocycles. The smallest absolute Gasteiger partial charge is 0.338 e. The highest BCUT2D eigenvalue weighted by atomic mass is 16.7. The molecule has 5 heterocycles. The molecule has 0 amide bonds. The summed E-state index contributed by atoms with van der Waals surface area (Å²) in [5.41, 5.74) is -2.85. The number of esters is 2. The first-order valence-electron chi connectivity index (χ1n) is 14.1. The first-order chi connectivity index (χ1) is 18.5. The van der Waals surface area contributed by atoms with E-state index in [9.17, 15) is 14.7 Å². The number of rotatable bonds is 1. The van der Waals surface area contributed by atoms with Crippen LogP contribution in [0.5, 0.6) is 0 Å². The van der Waals surface area contributed by atoms with Gasteiger partial charge in [0, 0.05) is 24.3 Å². The van der Waals surface area contributed by atoms with Gasteiger partial charge in [-0.05, 0) is 33.6 Å². The number of cyclic esters (lactones) is 1. The van der Waals surface area contributed by atoms with Crippen molar-refractivity contribution in [2.45, 2.75) is 113 Å². The van der Waals surface area contributed by atoms with Gasteiger partial charge in [0.25, 0.3) is 0 Å². The summed E-state index contributed by atoms with van der Waals surface area (Å²) < 4.78 is 43.0. The molecule has 2 bridgehead atoms. The number of ether oxygens (including phenoxy) is 7. The lowest BCUT2D eigenvalue weighted by molar-refractivity contribution is -0.251. The molecule has 1 N–H and O–H groups in total. The molecule has 7 aliphatic rings. The Morgan fingerprint density at radius 2 is 1.77 bits per heavy atom. The molecular weight excluding hydrogens is 508 g/mol. The van der Waals surface area contributed by atoms with Gasteiger partial charge in [0.15, 0.2) is 6.10 Å². The Morgan fingerprint density at radius 1 is 0.974 bits per heavy atom. The Morgan fingerprint density at radius 3 is 2.51 bits per heavy atom. The summed E-state index contributed by atoms with van der Waals surface area (Å²) in [5, 5.41) is 10.1. The Hall–Kier alpha value is -1.82. The van der Waals surface area contributed by atoms with Crippen LogP contribution in [0.1, 0.15) is 53.4 Å². The van der Waals surface area contributed by atoms with Gasteiger partial charge in [0.05, 0.1) is 42.5 Å². The molecule has 12 atom stereocenters. The molecule has 2 saturated carbocycles. The standard InChI is InChI=1S/C29H38O10/c1-16(30)17-7-5-6-8-20(31)36-18-13-19-29(15-35-29)27(18,4)28(10-9-25(2)21(38-25)22(28)37-19)14-34-24(32)23-26(3,39-23)11-12-33-17/h5-8,16-19,21-23,30H,9-15H2,1-4H3/b7-5+,8-6-/t16?,17?,18-,19-,21?,22?,23?,25?,26+,27-,28?,29+/m1/s1. The quantitative estimate of drug-likeness (QED) is 0.384. The second kappa shape index (κ2) is 8.36. The van der Waals surface area contributed by atoms with Gasteiger partial charge in [-0.25, -0.2) is 9.59 Å². The zero-order valence-corrected chi connectivity index (χ0v) is 22.9. The number of aliphatic hydroxyl groups excluding tert-OH is 1. The average molecular weight is 547 g/mol. The highest BCUT2D eigenvalue weighted by Gasteiger charge is 2.86. The number of aliphatic hydroxyl groups is 1. The number of fused-ring (bicyclic) bond motifs is 3. The van der Waals surface area contributed by atoms with E-state index in [1.165, 1.54) is 6.08 Å². The molecule has 0 aromatic carbocycles. The number of hydrogen-bond acceptors (Lipinski definition) is 10. The van der Waals surface area contributed by atoms with E-state index in [0.717, 1.165) is 6.42 Å². The minimum Gasteiger partial charge on any atom is -0.463 e. The lowest BCUT2D eigenvalue weighted by Gasteiger charge is -2.58. The summed E-state index contributed by atoms with van der Waals surface area (Å²) in [7, 11) is 0. The van der Waals surface area contributed by atoms with Crippen molar-refractivity contribution in [3.63, 3.8) is 0 Å². The van der Waals surface area contributed by atoms with E-state index in [1.807, 2.05) is 6.92 Å². The third-order valence-electron chi connectivity index (χ3n) is 11.0. The van der Waals surface area contributed by atoms with Gasteiger partial charge in [-0.3, -0.25) is 0 Å². The summed E-state index contributed by atoms with van der Waals surface area (Å²) in [6.45, 7) is 8.62. The molecule has 7 unspecified atom stereocenters. The Bertz CT molecular complexity index is 1130. The maximum absolute atomic E-state index is 13.3. The van der Waals surface area contributed by atoms with Crippen molar-refractivity contribution >= 4 is 11.9 Å². The van der Waals surface area contributed by atoms with Crippen LogP contribution in [0, 0.1) is 10.8 Å². The normalized spacial score (nSPS) is 56.4. The largest absolute Gasteiger partial charge is 0.463 e. The maximum atomic E-state index is 13.3. The van der Waals surface area contributed by atoms with E-state index in [2.05, 4.69) is 13.8 Å². The van der Waals surface area contributed by atoms with Crippen LogP contribution in [0.2, 0.25) is 0 Å². The van der Waals surface area contributed by atoms with Crippen LogP contribution < -0.4 is 0 Å². The van der Waals surface area contributed by atoms with Crippen LogP contribution in [0.4, 0.5) is 0 Å². The number of carbonyl (C=O) groups is 2. The SMILES string of the molecule is CC(O)C1/C=C/C=C\C(=O)O[C@@H]2C[C@H]3OC4C5OC5(C)CCC4(COC(=O)C4O[C@@]4(C)CCO1)[C@]2(C)[C@]31CO1. The Labute approximate surface area is 227 Å². The molecule has 4 saturated heterocycles. The van der Waals surface area contributed by atoms with Crippen molar-refractivity contribution in [1.82, 2.24) is 0 Å². The predicted molar refractivity (Wildman–Crippen MR) is 133 cm³/mol. The predicted octanol–water partition coefficient (Wildman–Crippen LogP) is 1.77. The van der Waals surface area contributed by atoms with Gasteiger partial charge in [-0.15, -0.1) is 0 Å². The minimum absolute atomic E-state index is 0.101. The summed E-state index contributed by atoms with van der Waals surface area (Å²) >= 11 is 0. The molecule has 0 aromatic heterocycles. The van der Waals surface area contributed by atoms with Crippen LogP contribution in [0.15, 0.2) is 24.3 Å². The minimum atomic E-state index is -0.759.